The number of halogens is 1. The zero-order valence-electron chi connectivity index (χ0n) is 9.66. The lowest BCUT2D eigenvalue weighted by Crippen LogP contribution is -2.36. The molecule has 0 amide bonds. The molecule has 1 heterocycles. The molecule has 1 aliphatic heterocycles. The molecule has 0 saturated carbocycles. The van der Waals surface area contributed by atoms with Gasteiger partial charge in [-0.25, -0.2) is 4.39 Å². The van der Waals surface area contributed by atoms with Gasteiger partial charge in [0.15, 0.2) is 11.6 Å². The first-order chi connectivity index (χ1) is 7.69. The summed E-state index contributed by atoms with van der Waals surface area (Å²) in [7, 11) is 3.55. The predicted octanol–water partition coefficient (Wildman–Crippen LogP) is 1.32. The number of methoxy groups -OCH3 is 1. The van der Waals surface area contributed by atoms with Gasteiger partial charge in [0.05, 0.1) is 7.11 Å². The molecule has 0 bridgehead atoms. The van der Waals surface area contributed by atoms with Crippen molar-refractivity contribution in [2.75, 3.05) is 27.2 Å². The van der Waals surface area contributed by atoms with E-state index in [0.717, 1.165) is 24.1 Å². The second kappa shape index (κ2) is 4.39. The molecular formula is C12H17FN2O. The third-order valence-electron chi connectivity index (χ3n) is 3.28. The van der Waals surface area contributed by atoms with Gasteiger partial charge in [0, 0.05) is 24.7 Å². The summed E-state index contributed by atoms with van der Waals surface area (Å²) in [6, 6.07) is 3.44. The first-order valence-corrected chi connectivity index (χ1v) is 5.44. The number of hydrogen-bond acceptors (Lipinski definition) is 3. The molecule has 2 N–H and O–H groups in total. The molecule has 1 aliphatic rings. The summed E-state index contributed by atoms with van der Waals surface area (Å²) in [5.74, 6) is 0.0885. The Morgan fingerprint density at radius 3 is 2.94 bits per heavy atom. The Bertz CT molecular complexity index is 395. The molecule has 4 heteroatoms. The van der Waals surface area contributed by atoms with Crippen LogP contribution in [0.2, 0.25) is 0 Å². The molecule has 0 fully saturated rings. The summed E-state index contributed by atoms with van der Waals surface area (Å²) in [5.41, 5.74) is 7.82. The molecule has 2 rings (SSSR count). The second-order valence-electron chi connectivity index (χ2n) is 4.13. The number of ether oxygens (including phenoxy) is 1. The van der Waals surface area contributed by atoms with E-state index in [1.54, 1.807) is 0 Å². The van der Waals surface area contributed by atoms with Crippen LogP contribution >= 0.6 is 0 Å². The van der Waals surface area contributed by atoms with Gasteiger partial charge < -0.3 is 10.5 Å². The van der Waals surface area contributed by atoms with Crippen molar-refractivity contribution in [3.05, 3.63) is 29.1 Å². The van der Waals surface area contributed by atoms with Gasteiger partial charge in [-0.15, -0.1) is 0 Å². The monoisotopic (exact) mass is 224 g/mol. The standard InChI is InChI=1S/C12H17FN2O/c1-15-6-5-9-8(11(15)7-14)3-4-10(13)12(9)16-2/h3-4,11H,5-7,14H2,1-2H3. The van der Waals surface area contributed by atoms with Crippen molar-refractivity contribution in [3.63, 3.8) is 0 Å². The third kappa shape index (κ3) is 1.68. The third-order valence-corrected chi connectivity index (χ3v) is 3.28. The highest BCUT2D eigenvalue weighted by molar-refractivity contribution is 5.44. The van der Waals surface area contributed by atoms with Gasteiger partial charge in [0.2, 0.25) is 0 Å². The smallest absolute Gasteiger partial charge is 0.165 e. The Morgan fingerprint density at radius 2 is 2.31 bits per heavy atom. The first-order valence-electron chi connectivity index (χ1n) is 5.44. The fraction of sp³-hybridized carbons (Fsp3) is 0.500. The number of hydrogen-bond donors (Lipinski definition) is 1. The van der Waals surface area contributed by atoms with Crippen LogP contribution in [-0.4, -0.2) is 32.1 Å². The maximum Gasteiger partial charge on any atom is 0.165 e. The molecule has 1 aromatic carbocycles. The zero-order valence-corrected chi connectivity index (χ0v) is 9.66. The molecule has 1 aromatic rings. The van der Waals surface area contributed by atoms with Crippen LogP contribution in [0.5, 0.6) is 5.75 Å². The molecular weight excluding hydrogens is 207 g/mol. The van der Waals surface area contributed by atoms with E-state index in [2.05, 4.69) is 4.90 Å². The van der Waals surface area contributed by atoms with Crippen LogP contribution in [-0.2, 0) is 6.42 Å². The van der Waals surface area contributed by atoms with Crippen molar-refractivity contribution in [3.8, 4) is 5.75 Å². The average Bonchev–Trinajstić information content (AvgIpc) is 2.29. The minimum absolute atomic E-state index is 0.165. The van der Waals surface area contributed by atoms with E-state index in [9.17, 15) is 4.39 Å². The first kappa shape index (κ1) is 11.4. The van der Waals surface area contributed by atoms with E-state index < -0.39 is 0 Å². The lowest BCUT2D eigenvalue weighted by Gasteiger charge is -2.34. The van der Waals surface area contributed by atoms with Crippen LogP contribution in [0.15, 0.2) is 12.1 Å². The van der Waals surface area contributed by atoms with Crippen molar-refractivity contribution in [1.82, 2.24) is 4.90 Å². The van der Waals surface area contributed by atoms with Crippen LogP contribution in [0.4, 0.5) is 4.39 Å². The van der Waals surface area contributed by atoms with E-state index in [-0.39, 0.29) is 11.9 Å². The summed E-state index contributed by atoms with van der Waals surface area (Å²) >= 11 is 0. The SMILES string of the molecule is COc1c(F)ccc2c1CCN(C)C2CN. The Balaban J connectivity index is 2.52. The molecule has 0 aliphatic carbocycles. The number of fused-ring (bicyclic) bond motifs is 1. The normalized spacial score (nSPS) is 20.6. The Hall–Kier alpha value is -1.13. The molecule has 0 spiro atoms. The van der Waals surface area contributed by atoms with Crippen LogP contribution in [0.1, 0.15) is 17.2 Å². The fourth-order valence-electron chi connectivity index (χ4n) is 2.39. The molecule has 88 valence electrons. The van der Waals surface area contributed by atoms with Gasteiger partial charge in [-0.2, -0.15) is 0 Å². The van der Waals surface area contributed by atoms with Crippen molar-refractivity contribution in [1.29, 1.82) is 0 Å². The highest BCUT2D eigenvalue weighted by Gasteiger charge is 2.27. The van der Waals surface area contributed by atoms with Gasteiger partial charge in [-0.05, 0) is 25.1 Å². The maximum absolute atomic E-state index is 13.5. The van der Waals surface area contributed by atoms with Crippen LogP contribution in [0.3, 0.4) is 0 Å². The van der Waals surface area contributed by atoms with E-state index in [0.29, 0.717) is 12.3 Å². The average molecular weight is 224 g/mol. The lowest BCUT2D eigenvalue weighted by atomic mass is 9.92. The number of benzene rings is 1. The molecule has 1 atom stereocenters. The van der Waals surface area contributed by atoms with E-state index in [1.807, 2.05) is 13.1 Å². The van der Waals surface area contributed by atoms with Crippen LogP contribution in [0.25, 0.3) is 0 Å². The maximum atomic E-state index is 13.5. The van der Waals surface area contributed by atoms with Crippen molar-refractivity contribution < 1.29 is 9.13 Å². The zero-order chi connectivity index (χ0) is 11.7. The fourth-order valence-corrected chi connectivity index (χ4v) is 2.39. The van der Waals surface area contributed by atoms with Gasteiger partial charge in [-0.3, -0.25) is 4.90 Å². The Kier molecular flexibility index (Phi) is 3.12. The lowest BCUT2D eigenvalue weighted by molar-refractivity contribution is 0.232. The molecule has 0 radical (unpaired) electrons. The van der Waals surface area contributed by atoms with E-state index in [4.69, 9.17) is 10.5 Å². The van der Waals surface area contributed by atoms with E-state index in [1.165, 1.54) is 13.2 Å². The van der Waals surface area contributed by atoms with Crippen molar-refractivity contribution in [2.45, 2.75) is 12.5 Å². The summed E-state index contributed by atoms with van der Waals surface area (Å²) in [4.78, 5) is 2.19. The van der Waals surface area contributed by atoms with Crippen molar-refractivity contribution >= 4 is 0 Å². The number of likely N-dealkylation sites (N-methyl/N-ethyl adjacent to an activating group) is 1. The van der Waals surface area contributed by atoms with Gasteiger partial charge >= 0.3 is 0 Å². The second-order valence-corrected chi connectivity index (χ2v) is 4.13. The van der Waals surface area contributed by atoms with Gasteiger partial charge in [0.25, 0.3) is 0 Å². The number of rotatable bonds is 2. The largest absolute Gasteiger partial charge is 0.493 e. The summed E-state index contributed by atoms with van der Waals surface area (Å²) < 4.78 is 18.7. The molecule has 16 heavy (non-hydrogen) atoms. The van der Waals surface area contributed by atoms with Crippen LogP contribution in [0, 0.1) is 5.82 Å². The Morgan fingerprint density at radius 1 is 1.56 bits per heavy atom. The molecule has 1 unspecified atom stereocenters. The van der Waals surface area contributed by atoms with Crippen LogP contribution < -0.4 is 10.5 Å². The quantitative estimate of drug-likeness (QED) is 0.823. The minimum atomic E-state index is -0.290. The molecule has 0 aromatic heterocycles. The summed E-state index contributed by atoms with van der Waals surface area (Å²) in [6.07, 6.45) is 0.809. The summed E-state index contributed by atoms with van der Waals surface area (Å²) in [6.45, 7) is 1.42. The highest BCUT2D eigenvalue weighted by atomic mass is 19.1. The number of nitrogens with zero attached hydrogens (tertiary/aromatic N) is 1. The van der Waals surface area contributed by atoms with E-state index >= 15 is 0 Å². The topological polar surface area (TPSA) is 38.5 Å². The minimum Gasteiger partial charge on any atom is -0.493 e. The molecule has 0 saturated heterocycles. The Labute approximate surface area is 95.0 Å². The van der Waals surface area contributed by atoms with Gasteiger partial charge in [0.1, 0.15) is 0 Å². The number of nitrogens with two attached hydrogens (primary N) is 1. The highest BCUT2D eigenvalue weighted by Crippen LogP contribution is 2.35. The predicted molar refractivity (Wildman–Crippen MR) is 61.1 cm³/mol. The van der Waals surface area contributed by atoms with Crippen molar-refractivity contribution in [2.24, 2.45) is 5.73 Å². The molecule has 3 nitrogen and oxygen atoms in total. The summed E-state index contributed by atoms with van der Waals surface area (Å²) in [5, 5.41) is 0. The van der Waals surface area contributed by atoms with Gasteiger partial charge in [-0.1, -0.05) is 6.07 Å².